The van der Waals surface area contributed by atoms with Gasteiger partial charge in [0.25, 0.3) is 0 Å². The fourth-order valence-corrected chi connectivity index (χ4v) is 3.23. The average molecular weight is 306 g/mol. The highest BCUT2D eigenvalue weighted by atomic mass is 16.5. The van der Waals surface area contributed by atoms with E-state index in [2.05, 4.69) is 11.1 Å². The Kier molecular flexibility index (Phi) is 3.18. The van der Waals surface area contributed by atoms with Gasteiger partial charge in [-0.15, -0.1) is 0 Å². The van der Waals surface area contributed by atoms with E-state index in [-0.39, 0.29) is 11.7 Å². The van der Waals surface area contributed by atoms with E-state index in [0.29, 0.717) is 6.61 Å². The number of hydrogen-bond acceptors (Lipinski definition) is 3. The van der Waals surface area contributed by atoms with Crippen molar-refractivity contribution in [1.82, 2.24) is 9.55 Å². The van der Waals surface area contributed by atoms with Gasteiger partial charge in [0.05, 0.1) is 17.8 Å². The Balaban J connectivity index is 2.12. The second kappa shape index (κ2) is 5.23. The Bertz CT molecular complexity index is 943. The molecule has 0 unspecified atom stereocenters. The van der Waals surface area contributed by atoms with Crippen LogP contribution in [0, 0.1) is 0 Å². The molecule has 0 radical (unpaired) electrons. The summed E-state index contributed by atoms with van der Waals surface area (Å²) in [7, 11) is 0. The van der Waals surface area contributed by atoms with E-state index in [0.717, 1.165) is 34.3 Å². The van der Waals surface area contributed by atoms with Crippen LogP contribution in [0.3, 0.4) is 0 Å². The summed E-state index contributed by atoms with van der Waals surface area (Å²) in [5.74, 6) is 0.886. The molecule has 2 heterocycles. The molecule has 1 aliphatic heterocycles. The lowest BCUT2D eigenvalue weighted by Crippen LogP contribution is -2.25. The van der Waals surface area contributed by atoms with E-state index < -0.39 is 0 Å². The first-order valence-corrected chi connectivity index (χ1v) is 7.92. The van der Waals surface area contributed by atoms with Crippen LogP contribution in [-0.4, -0.2) is 16.2 Å². The van der Waals surface area contributed by atoms with Crippen molar-refractivity contribution >= 4 is 10.9 Å². The maximum atomic E-state index is 12.6. The fraction of sp³-hybridized carbons (Fsp3) is 0.263. The maximum Gasteiger partial charge on any atom is 0.348 e. The van der Waals surface area contributed by atoms with Crippen LogP contribution >= 0.6 is 0 Å². The van der Waals surface area contributed by atoms with E-state index in [1.54, 1.807) is 4.57 Å². The predicted octanol–water partition coefficient (Wildman–Crippen LogP) is 3.58. The molecule has 0 saturated heterocycles. The molecule has 4 heteroatoms. The summed E-state index contributed by atoms with van der Waals surface area (Å²) < 4.78 is 7.43. The van der Waals surface area contributed by atoms with Crippen molar-refractivity contribution in [3.8, 4) is 17.0 Å². The standard InChI is InChI=1S/C19H18N2O2/c1-12(2)21-16-11-17-14(8-9-23-17)10-15(16)18(20-19(21)22)13-6-4-3-5-7-13/h3-7,10-12H,8-9H2,1-2H3. The molecular formula is C19H18N2O2. The smallest absolute Gasteiger partial charge is 0.348 e. The van der Waals surface area contributed by atoms with E-state index in [4.69, 9.17) is 4.74 Å². The molecule has 0 bridgehead atoms. The Morgan fingerprint density at radius 3 is 2.70 bits per heavy atom. The summed E-state index contributed by atoms with van der Waals surface area (Å²) in [5.41, 5.74) is 3.57. The van der Waals surface area contributed by atoms with Crippen LogP contribution in [0.15, 0.2) is 47.3 Å². The summed E-state index contributed by atoms with van der Waals surface area (Å²) >= 11 is 0. The summed E-state index contributed by atoms with van der Waals surface area (Å²) in [6.45, 7) is 4.70. The first kappa shape index (κ1) is 14.0. The normalized spacial score (nSPS) is 13.3. The molecule has 0 saturated carbocycles. The lowest BCUT2D eigenvalue weighted by molar-refractivity contribution is 0.357. The molecule has 1 aliphatic rings. The molecule has 4 nitrogen and oxygen atoms in total. The summed E-state index contributed by atoms with van der Waals surface area (Å²) in [6, 6.07) is 14.0. The molecule has 0 aliphatic carbocycles. The van der Waals surface area contributed by atoms with Gasteiger partial charge in [-0.1, -0.05) is 30.3 Å². The van der Waals surface area contributed by atoms with Crippen molar-refractivity contribution in [2.75, 3.05) is 6.61 Å². The number of ether oxygens (including phenoxy) is 1. The quantitative estimate of drug-likeness (QED) is 0.727. The first-order valence-electron chi connectivity index (χ1n) is 7.92. The maximum absolute atomic E-state index is 12.6. The highest BCUT2D eigenvalue weighted by Crippen LogP contribution is 2.34. The van der Waals surface area contributed by atoms with Crippen molar-refractivity contribution in [2.45, 2.75) is 26.3 Å². The van der Waals surface area contributed by atoms with Gasteiger partial charge in [-0.05, 0) is 25.5 Å². The summed E-state index contributed by atoms with van der Waals surface area (Å²) in [4.78, 5) is 17.0. The van der Waals surface area contributed by atoms with Gasteiger partial charge in [0, 0.05) is 29.5 Å². The van der Waals surface area contributed by atoms with Crippen LogP contribution in [0.2, 0.25) is 0 Å². The zero-order valence-corrected chi connectivity index (χ0v) is 13.2. The number of fused-ring (bicyclic) bond motifs is 2. The molecule has 2 aromatic carbocycles. The van der Waals surface area contributed by atoms with Crippen LogP contribution in [0.4, 0.5) is 0 Å². The van der Waals surface area contributed by atoms with Crippen LogP contribution in [0.1, 0.15) is 25.5 Å². The van der Waals surface area contributed by atoms with Gasteiger partial charge in [-0.25, -0.2) is 4.79 Å². The van der Waals surface area contributed by atoms with Gasteiger partial charge in [0.15, 0.2) is 0 Å². The van der Waals surface area contributed by atoms with Crippen molar-refractivity contribution < 1.29 is 4.74 Å². The summed E-state index contributed by atoms with van der Waals surface area (Å²) in [5, 5.41) is 1.01. The Labute approximate surface area is 134 Å². The second-order valence-corrected chi connectivity index (χ2v) is 6.15. The highest BCUT2D eigenvalue weighted by molar-refractivity contribution is 5.94. The van der Waals surface area contributed by atoms with Gasteiger partial charge >= 0.3 is 5.69 Å². The highest BCUT2D eigenvalue weighted by Gasteiger charge is 2.19. The van der Waals surface area contributed by atoms with Crippen LogP contribution < -0.4 is 10.4 Å². The lowest BCUT2D eigenvalue weighted by Gasteiger charge is -2.16. The molecule has 3 aromatic rings. The zero-order chi connectivity index (χ0) is 16.0. The van der Waals surface area contributed by atoms with Crippen molar-refractivity contribution in [3.63, 3.8) is 0 Å². The van der Waals surface area contributed by atoms with Gasteiger partial charge in [0.1, 0.15) is 5.75 Å². The molecule has 1 aromatic heterocycles. The monoisotopic (exact) mass is 306 g/mol. The van der Waals surface area contributed by atoms with Gasteiger partial charge in [0.2, 0.25) is 0 Å². The minimum Gasteiger partial charge on any atom is -0.493 e. The second-order valence-electron chi connectivity index (χ2n) is 6.15. The van der Waals surface area contributed by atoms with Crippen molar-refractivity contribution in [3.05, 3.63) is 58.5 Å². The van der Waals surface area contributed by atoms with E-state index in [1.807, 2.05) is 50.2 Å². The van der Waals surface area contributed by atoms with E-state index in [1.165, 1.54) is 5.56 Å². The molecule has 23 heavy (non-hydrogen) atoms. The Morgan fingerprint density at radius 2 is 1.96 bits per heavy atom. The van der Waals surface area contributed by atoms with E-state index in [9.17, 15) is 4.79 Å². The molecule has 0 N–H and O–H groups in total. The fourth-order valence-electron chi connectivity index (χ4n) is 3.23. The van der Waals surface area contributed by atoms with Crippen LogP contribution in [0.5, 0.6) is 5.75 Å². The zero-order valence-electron chi connectivity index (χ0n) is 13.2. The third-order valence-electron chi connectivity index (χ3n) is 4.30. The number of hydrogen-bond donors (Lipinski definition) is 0. The van der Waals surface area contributed by atoms with Crippen LogP contribution in [0.25, 0.3) is 22.2 Å². The largest absolute Gasteiger partial charge is 0.493 e. The van der Waals surface area contributed by atoms with Gasteiger partial charge in [-0.3, -0.25) is 4.57 Å². The third-order valence-corrected chi connectivity index (χ3v) is 4.30. The third kappa shape index (κ3) is 2.22. The molecule has 0 atom stereocenters. The number of aromatic nitrogens is 2. The molecule has 0 amide bonds. The number of benzene rings is 2. The minimum absolute atomic E-state index is 0.0433. The average Bonchev–Trinajstić information content (AvgIpc) is 3.00. The number of rotatable bonds is 2. The van der Waals surface area contributed by atoms with E-state index >= 15 is 0 Å². The number of nitrogens with zero attached hydrogens (tertiary/aromatic N) is 2. The predicted molar refractivity (Wildman–Crippen MR) is 91.0 cm³/mol. The lowest BCUT2D eigenvalue weighted by atomic mass is 10.0. The minimum atomic E-state index is -0.218. The van der Waals surface area contributed by atoms with Gasteiger partial charge < -0.3 is 4.74 Å². The molecule has 4 rings (SSSR count). The molecule has 0 fully saturated rings. The SMILES string of the molecule is CC(C)n1c(=O)nc(-c2ccccc2)c2cc3c(cc21)OCC3. The molecular weight excluding hydrogens is 288 g/mol. The van der Waals surface area contributed by atoms with Crippen molar-refractivity contribution in [1.29, 1.82) is 0 Å². The topological polar surface area (TPSA) is 44.1 Å². The van der Waals surface area contributed by atoms with Gasteiger partial charge in [-0.2, -0.15) is 4.98 Å². The summed E-state index contributed by atoms with van der Waals surface area (Å²) in [6.07, 6.45) is 0.903. The molecule has 0 spiro atoms. The first-order chi connectivity index (χ1) is 11.1. The Hall–Kier alpha value is -2.62. The van der Waals surface area contributed by atoms with Crippen LogP contribution in [-0.2, 0) is 6.42 Å². The Morgan fingerprint density at radius 1 is 1.17 bits per heavy atom. The van der Waals surface area contributed by atoms with Crippen molar-refractivity contribution in [2.24, 2.45) is 0 Å². The molecule has 116 valence electrons.